The molecule has 2 N–H and O–H groups in total. The lowest BCUT2D eigenvalue weighted by atomic mass is 10.1. The van der Waals surface area contributed by atoms with Crippen molar-refractivity contribution in [3.8, 4) is 5.75 Å². The average Bonchev–Trinajstić information content (AvgIpc) is 2.67. The Balaban J connectivity index is 2.11. The summed E-state index contributed by atoms with van der Waals surface area (Å²) in [5, 5.41) is 5.48. The molecule has 0 radical (unpaired) electrons. The van der Waals surface area contributed by atoms with Gasteiger partial charge in [0.2, 0.25) is 5.91 Å². The Kier molecular flexibility index (Phi) is 7.63. The number of amides is 3. The number of para-hydroxylation sites is 2. The Labute approximate surface area is 159 Å². The summed E-state index contributed by atoms with van der Waals surface area (Å²) < 4.78 is 10.6. The first-order chi connectivity index (χ1) is 13.0. The third kappa shape index (κ3) is 6.00. The molecule has 1 atom stereocenters. The van der Waals surface area contributed by atoms with E-state index in [1.807, 2.05) is 24.3 Å². The highest BCUT2D eigenvalue weighted by Gasteiger charge is 2.24. The lowest BCUT2D eigenvalue weighted by Gasteiger charge is -2.22. The number of carbonyl (C=O) groups is 2. The second-order valence-corrected chi connectivity index (χ2v) is 6.01. The molecule has 0 unspecified atom stereocenters. The molecule has 27 heavy (non-hydrogen) atoms. The zero-order valence-corrected chi connectivity index (χ0v) is 15.8. The van der Waals surface area contributed by atoms with Crippen molar-refractivity contribution in [1.29, 1.82) is 0 Å². The second-order valence-electron chi connectivity index (χ2n) is 6.01. The molecule has 2 rings (SSSR count). The third-order valence-corrected chi connectivity index (χ3v) is 3.78. The number of nitrogens with one attached hydrogen (secondary N) is 2. The highest BCUT2D eigenvalue weighted by Crippen LogP contribution is 2.24. The van der Waals surface area contributed by atoms with Gasteiger partial charge in [0.05, 0.1) is 12.3 Å². The van der Waals surface area contributed by atoms with Gasteiger partial charge in [-0.2, -0.15) is 0 Å². The number of anilines is 1. The van der Waals surface area contributed by atoms with Crippen LogP contribution in [0.2, 0.25) is 0 Å². The van der Waals surface area contributed by atoms with Crippen molar-refractivity contribution in [3.63, 3.8) is 0 Å². The molecule has 0 aliphatic carbocycles. The molecule has 0 heterocycles. The van der Waals surface area contributed by atoms with E-state index in [2.05, 4.69) is 10.6 Å². The monoisotopic (exact) mass is 371 g/mol. The third-order valence-electron chi connectivity index (χ3n) is 3.78. The van der Waals surface area contributed by atoms with Gasteiger partial charge in [0.15, 0.2) is 0 Å². The van der Waals surface area contributed by atoms with Crippen LogP contribution in [0.1, 0.15) is 11.6 Å². The summed E-state index contributed by atoms with van der Waals surface area (Å²) in [6, 6.07) is 14.9. The summed E-state index contributed by atoms with van der Waals surface area (Å²) >= 11 is 0. The molecule has 2 aromatic rings. The van der Waals surface area contributed by atoms with Crippen molar-refractivity contribution < 1.29 is 19.1 Å². The van der Waals surface area contributed by atoms with Crippen LogP contribution in [0.5, 0.6) is 5.75 Å². The van der Waals surface area contributed by atoms with Crippen LogP contribution >= 0.6 is 0 Å². The Hall–Kier alpha value is -3.06. The summed E-state index contributed by atoms with van der Waals surface area (Å²) in [6.45, 7) is 0.802. The minimum Gasteiger partial charge on any atom is -0.489 e. The van der Waals surface area contributed by atoms with E-state index in [0.717, 1.165) is 0 Å². The summed E-state index contributed by atoms with van der Waals surface area (Å²) in [5.74, 6) is 0.306. The standard InChI is InChI=1S/C20H25N3O4/c1-23(2)19(24)18(15-9-5-4-6-10-15)22-20(25)21-16-11-7-8-12-17(16)27-14-13-26-3/h4-12,18H,13-14H2,1-3H3,(H2,21,22,25)/t18-/m1/s1. The minimum absolute atomic E-state index is 0.221. The number of nitrogens with zero attached hydrogens (tertiary/aromatic N) is 1. The van der Waals surface area contributed by atoms with Gasteiger partial charge in [-0.05, 0) is 17.7 Å². The molecule has 0 saturated carbocycles. The van der Waals surface area contributed by atoms with Crippen LogP contribution in [-0.4, -0.2) is 51.3 Å². The first kappa shape index (κ1) is 20.3. The molecule has 0 aliphatic heterocycles. The highest BCUT2D eigenvalue weighted by molar-refractivity contribution is 5.95. The maximum atomic E-state index is 12.5. The van der Waals surface area contributed by atoms with Gasteiger partial charge in [-0.15, -0.1) is 0 Å². The number of hydrogen-bond acceptors (Lipinski definition) is 4. The molecule has 2 aromatic carbocycles. The maximum Gasteiger partial charge on any atom is 0.320 e. The molecular weight excluding hydrogens is 346 g/mol. The quantitative estimate of drug-likeness (QED) is 0.699. The Morgan fingerprint density at radius 1 is 1.00 bits per heavy atom. The second kappa shape index (κ2) is 10.2. The van der Waals surface area contributed by atoms with Crippen LogP contribution < -0.4 is 15.4 Å². The maximum absolute atomic E-state index is 12.5. The van der Waals surface area contributed by atoms with E-state index in [1.54, 1.807) is 51.5 Å². The van der Waals surface area contributed by atoms with Gasteiger partial charge in [-0.25, -0.2) is 4.79 Å². The number of likely N-dealkylation sites (N-methyl/N-ethyl adjacent to an activating group) is 1. The lowest BCUT2D eigenvalue weighted by molar-refractivity contribution is -0.130. The van der Waals surface area contributed by atoms with Crippen LogP contribution in [0.25, 0.3) is 0 Å². The van der Waals surface area contributed by atoms with Crippen molar-refractivity contribution in [2.24, 2.45) is 0 Å². The van der Waals surface area contributed by atoms with Crippen LogP contribution in [0, 0.1) is 0 Å². The van der Waals surface area contributed by atoms with Gasteiger partial charge >= 0.3 is 6.03 Å². The molecule has 0 aromatic heterocycles. The molecule has 0 saturated heterocycles. The summed E-state index contributed by atoms with van der Waals surface area (Å²) in [7, 11) is 4.89. The fourth-order valence-corrected chi connectivity index (χ4v) is 2.41. The van der Waals surface area contributed by atoms with Gasteiger partial charge < -0.3 is 25.0 Å². The van der Waals surface area contributed by atoms with Gasteiger partial charge in [-0.1, -0.05) is 42.5 Å². The molecule has 0 bridgehead atoms. The summed E-state index contributed by atoms with van der Waals surface area (Å²) in [5.41, 5.74) is 1.21. The number of carbonyl (C=O) groups excluding carboxylic acids is 2. The molecule has 3 amide bonds. The molecular formula is C20H25N3O4. The fourth-order valence-electron chi connectivity index (χ4n) is 2.41. The smallest absolute Gasteiger partial charge is 0.320 e. The molecule has 144 valence electrons. The number of methoxy groups -OCH3 is 1. The SMILES string of the molecule is COCCOc1ccccc1NC(=O)N[C@@H](C(=O)N(C)C)c1ccccc1. The van der Waals surface area contributed by atoms with E-state index in [9.17, 15) is 9.59 Å². The number of rotatable bonds is 8. The first-order valence-corrected chi connectivity index (χ1v) is 8.57. The van der Waals surface area contributed by atoms with Gasteiger partial charge in [0.1, 0.15) is 18.4 Å². The number of benzene rings is 2. The predicted octanol–water partition coefficient (Wildman–Crippen LogP) is 2.66. The number of ether oxygens (including phenoxy) is 2. The molecule has 0 fully saturated rings. The van der Waals surface area contributed by atoms with Crippen molar-refractivity contribution >= 4 is 17.6 Å². The topological polar surface area (TPSA) is 79.9 Å². The molecule has 7 heteroatoms. The normalized spacial score (nSPS) is 11.4. The molecule has 0 aliphatic rings. The van der Waals surface area contributed by atoms with E-state index < -0.39 is 12.1 Å². The lowest BCUT2D eigenvalue weighted by Crippen LogP contribution is -2.41. The Morgan fingerprint density at radius 3 is 2.33 bits per heavy atom. The van der Waals surface area contributed by atoms with Crippen molar-refractivity contribution in [3.05, 3.63) is 60.2 Å². The highest BCUT2D eigenvalue weighted by atomic mass is 16.5. The molecule has 0 spiro atoms. The Bertz CT molecular complexity index is 750. The van der Waals surface area contributed by atoms with Gasteiger partial charge in [-0.3, -0.25) is 4.79 Å². The Morgan fingerprint density at radius 2 is 1.67 bits per heavy atom. The van der Waals surface area contributed by atoms with Crippen LogP contribution in [0.4, 0.5) is 10.5 Å². The van der Waals surface area contributed by atoms with E-state index in [4.69, 9.17) is 9.47 Å². The fraction of sp³-hybridized carbons (Fsp3) is 0.300. The van der Waals surface area contributed by atoms with Crippen molar-refractivity contribution in [2.45, 2.75) is 6.04 Å². The minimum atomic E-state index is -0.789. The molecule has 7 nitrogen and oxygen atoms in total. The zero-order valence-electron chi connectivity index (χ0n) is 15.8. The average molecular weight is 371 g/mol. The van der Waals surface area contributed by atoms with E-state index in [1.165, 1.54) is 4.90 Å². The van der Waals surface area contributed by atoms with Crippen LogP contribution in [0.3, 0.4) is 0 Å². The number of urea groups is 1. The van der Waals surface area contributed by atoms with Crippen LogP contribution in [-0.2, 0) is 9.53 Å². The van der Waals surface area contributed by atoms with Gasteiger partial charge in [0, 0.05) is 21.2 Å². The largest absolute Gasteiger partial charge is 0.489 e. The summed E-state index contributed by atoms with van der Waals surface area (Å²) in [4.78, 5) is 26.5. The van der Waals surface area contributed by atoms with E-state index in [0.29, 0.717) is 30.2 Å². The van der Waals surface area contributed by atoms with Crippen molar-refractivity contribution in [1.82, 2.24) is 10.2 Å². The van der Waals surface area contributed by atoms with Crippen LogP contribution in [0.15, 0.2) is 54.6 Å². The van der Waals surface area contributed by atoms with Crippen molar-refractivity contribution in [2.75, 3.05) is 39.7 Å². The zero-order chi connectivity index (χ0) is 19.6. The predicted molar refractivity (Wildman–Crippen MR) is 104 cm³/mol. The first-order valence-electron chi connectivity index (χ1n) is 8.57. The number of hydrogen-bond donors (Lipinski definition) is 2. The van der Waals surface area contributed by atoms with E-state index >= 15 is 0 Å². The van der Waals surface area contributed by atoms with Gasteiger partial charge in [0.25, 0.3) is 0 Å². The van der Waals surface area contributed by atoms with E-state index in [-0.39, 0.29) is 5.91 Å². The summed E-state index contributed by atoms with van der Waals surface area (Å²) in [6.07, 6.45) is 0.